The number of hydrogen-bond acceptors (Lipinski definition) is 4. The molecule has 4 rings (SSSR count). The monoisotopic (exact) mass is 454 g/mol. The van der Waals surface area contributed by atoms with Gasteiger partial charge in [0.05, 0.1) is 19.5 Å². The summed E-state index contributed by atoms with van der Waals surface area (Å²) in [6.45, 7) is 5.46. The van der Waals surface area contributed by atoms with Crippen LogP contribution in [0, 0.1) is 13.8 Å². The van der Waals surface area contributed by atoms with Crippen LogP contribution in [0.5, 0.6) is 5.75 Å². The predicted octanol–water partition coefficient (Wildman–Crippen LogP) is 5.55. The largest absolute Gasteiger partial charge is 0.493 e. The van der Waals surface area contributed by atoms with Crippen molar-refractivity contribution in [2.45, 2.75) is 63.9 Å². The summed E-state index contributed by atoms with van der Waals surface area (Å²) in [6, 6.07) is 9.38. The second kappa shape index (κ2) is 9.59. The van der Waals surface area contributed by atoms with Gasteiger partial charge < -0.3 is 19.9 Å². The highest BCUT2D eigenvalue weighted by atomic mass is 32.1. The summed E-state index contributed by atoms with van der Waals surface area (Å²) < 4.78 is 20.0. The minimum absolute atomic E-state index is 0.280. The fourth-order valence-electron chi connectivity index (χ4n) is 4.48. The lowest BCUT2D eigenvalue weighted by Gasteiger charge is -2.22. The Balaban J connectivity index is 1.44. The van der Waals surface area contributed by atoms with Crippen LogP contribution >= 0.6 is 12.2 Å². The van der Waals surface area contributed by atoms with Gasteiger partial charge in [-0.05, 0) is 86.9 Å². The number of aliphatic carboxylic acids is 1. The minimum atomic E-state index is -0.820. The summed E-state index contributed by atoms with van der Waals surface area (Å²) in [5.74, 6) is -0.00115. The summed E-state index contributed by atoms with van der Waals surface area (Å²) >= 11 is 5.69. The molecule has 2 aliphatic rings. The molecule has 1 heterocycles. The Hall–Kier alpha value is -2.44. The number of rotatable bonds is 8. The molecule has 1 atom stereocenters. The van der Waals surface area contributed by atoms with Gasteiger partial charge in [0.1, 0.15) is 10.7 Å². The number of anilines is 1. The maximum atomic E-state index is 11.7. The molecule has 0 bridgehead atoms. The molecule has 6 heteroatoms. The quantitative estimate of drug-likeness (QED) is 0.510. The first kappa shape index (κ1) is 21.4. The fraction of sp³-hybridized carbons (Fsp3) is 0.462. The van der Waals surface area contributed by atoms with Crippen LogP contribution in [-0.4, -0.2) is 35.4 Å². The van der Waals surface area contributed by atoms with Gasteiger partial charge in [-0.1, -0.05) is 24.4 Å². The highest BCUT2D eigenvalue weighted by Gasteiger charge is 2.51. The zero-order valence-electron chi connectivity index (χ0n) is 19.7. The highest BCUT2D eigenvalue weighted by Crippen LogP contribution is 2.48. The summed E-state index contributed by atoms with van der Waals surface area (Å²) in [6.07, 6.45) is 5.90. The molecule has 2 N–H and O–H groups in total. The van der Waals surface area contributed by atoms with Gasteiger partial charge in [-0.25, -0.2) is 0 Å². The SMILES string of the molecule is [2H]c1ccc(C2(C(=O)O)CC2)cc1NC(=S)c1c(C)cc(OCCC2CCCCO2)cc1C. The van der Waals surface area contributed by atoms with E-state index < -0.39 is 11.4 Å². The number of carbonyl (C=O) groups is 1. The lowest BCUT2D eigenvalue weighted by atomic mass is 9.95. The summed E-state index contributed by atoms with van der Waals surface area (Å²) in [5, 5.41) is 12.8. The molecule has 32 heavy (non-hydrogen) atoms. The summed E-state index contributed by atoms with van der Waals surface area (Å²) in [5.41, 5.74) is 3.30. The first-order valence-electron chi connectivity index (χ1n) is 11.8. The number of carboxylic acid groups (broad SMARTS) is 1. The molecule has 1 aliphatic carbocycles. The first-order chi connectivity index (χ1) is 15.8. The third-order valence-corrected chi connectivity index (χ3v) is 6.78. The molecule has 0 spiro atoms. The predicted molar refractivity (Wildman–Crippen MR) is 130 cm³/mol. The van der Waals surface area contributed by atoms with Gasteiger partial charge >= 0.3 is 5.97 Å². The van der Waals surface area contributed by atoms with Crippen LogP contribution in [0.1, 0.15) is 62.1 Å². The molecule has 1 saturated carbocycles. The average molecular weight is 455 g/mol. The Labute approximate surface area is 196 Å². The molecule has 2 fully saturated rings. The molecular weight excluding hydrogens is 422 g/mol. The van der Waals surface area contributed by atoms with E-state index in [1.807, 2.05) is 26.0 Å². The van der Waals surface area contributed by atoms with E-state index in [9.17, 15) is 9.90 Å². The molecule has 0 aromatic heterocycles. The number of aryl methyl sites for hydroxylation is 2. The molecule has 2 aromatic rings. The van der Waals surface area contributed by atoms with Gasteiger partial charge in [-0.2, -0.15) is 0 Å². The molecule has 5 nitrogen and oxygen atoms in total. The van der Waals surface area contributed by atoms with Gasteiger partial charge in [-0.3, -0.25) is 4.79 Å². The fourth-order valence-corrected chi connectivity index (χ4v) is 4.91. The van der Waals surface area contributed by atoms with Crippen LogP contribution in [0.3, 0.4) is 0 Å². The van der Waals surface area contributed by atoms with Crippen LogP contribution in [-0.2, 0) is 14.9 Å². The van der Waals surface area contributed by atoms with E-state index in [0.29, 0.717) is 36.2 Å². The van der Waals surface area contributed by atoms with Crippen molar-refractivity contribution in [3.63, 3.8) is 0 Å². The molecule has 1 unspecified atom stereocenters. The molecule has 0 radical (unpaired) electrons. The Morgan fingerprint density at radius 1 is 1.31 bits per heavy atom. The average Bonchev–Trinajstić information content (AvgIpc) is 3.58. The standard InChI is InChI=1S/C26H31NO4S/c1-17-14-22(31-13-9-21-8-3-4-12-30-21)15-18(2)23(17)24(32)27-20-7-5-6-19(16-20)26(10-11-26)25(28)29/h5-7,14-16,21H,3-4,8-13H2,1-2H3,(H,27,32)(H,28,29)/i7D. The number of thiocarbonyl (C=S) groups is 1. The van der Waals surface area contributed by atoms with Crippen LogP contribution in [0.25, 0.3) is 0 Å². The summed E-state index contributed by atoms with van der Waals surface area (Å²) in [7, 11) is 0. The normalized spacial score (nSPS) is 19.7. The van der Waals surface area contributed by atoms with Crippen molar-refractivity contribution in [2.24, 2.45) is 0 Å². The lowest BCUT2D eigenvalue weighted by molar-refractivity contribution is -0.140. The van der Waals surface area contributed by atoms with E-state index in [0.717, 1.165) is 53.9 Å². The minimum Gasteiger partial charge on any atom is -0.493 e. The van der Waals surface area contributed by atoms with E-state index in [1.54, 1.807) is 18.2 Å². The van der Waals surface area contributed by atoms with E-state index >= 15 is 0 Å². The van der Waals surface area contributed by atoms with Crippen molar-refractivity contribution in [1.29, 1.82) is 0 Å². The van der Waals surface area contributed by atoms with E-state index in [-0.39, 0.29) is 6.04 Å². The molecule has 0 amide bonds. The zero-order valence-corrected chi connectivity index (χ0v) is 19.5. The maximum absolute atomic E-state index is 11.7. The number of carboxylic acids is 1. The first-order valence-corrected chi connectivity index (χ1v) is 11.7. The molecular formula is C26H31NO4S. The second-order valence-corrected chi connectivity index (χ2v) is 9.30. The van der Waals surface area contributed by atoms with Crippen molar-refractivity contribution >= 4 is 28.9 Å². The Morgan fingerprint density at radius 3 is 2.69 bits per heavy atom. The number of hydrogen-bond donors (Lipinski definition) is 2. The van der Waals surface area contributed by atoms with Gasteiger partial charge in [0.25, 0.3) is 0 Å². The van der Waals surface area contributed by atoms with Crippen LogP contribution < -0.4 is 10.1 Å². The highest BCUT2D eigenvalue weighted by molar-refractivity contribution is 7.81. The number of ether oxygens (including phenoxy) is 2. The van der Waals surface area contributed by atoms with Gasteiger partial charge in [0.2, 0.25) is 0 Å². The van der Waals surface area contributed by atoms with Crippen LogP contribution in [0.2, 0.25) is 0 Å². The van der Waals surface area contributed by atoms with Gasteiger partial charge in [0.15, 0.2) is 0 Å². The van der Waals surface area contributed by atoms with Gasteiger partial charge in [0, 0.05) is 24.3 Å². The van der Waals surface area contributed by atoms with Crippen LogP contribution in [0.15, 0.2) is 36.4 Å². The molecule has 2 aromatic carbocycles. The van der Waals surface area contributed by atoms with E-state index in [2.05, 4.69) is 5.32 Å². The van der Waals surface area contributed by atoms with E-state index in [1.165, 1.54) is 6.42 Å². The van der Waals surface area contributed by atoms with E-state index in [4.69, 9.17) is 23.1 Å². The van der Waals surface area contributed by atoms with Crippen molar-refractivity contribution in [1.82, 2.24) is 0 Å². The molecule has 1 saturated heterocycles. The molecule has 1 aliphatic heterocycles. The second-order valence-electron chi connectivity index (χ2n) is 8.89. The van der Waals surface area contributed by atoms with Crippen molar-refractivity contribution < 1.29 is 20.7 Å². The Bertz CT molecular complexity index is 1040. The van der Waals surface area contributed by atoms with Crippen molar-refractivity contribution in [2.75, 3.05) is 18.5 Å². The Morgan fingerprint density at radius 2 is 2.06 bits per heavy atom. The lowest BCUT2D eigenvalue weighted by Crippen LogP contribution is -2.21. The van der Waals surface area contributed by atoms with Gasteiger partial charge in [-0.15, -0.1) is 0 Å². The smallest absolute Gasteiger partial charge is 0.314 e. The third kappa shape index (κ3) is 4.97. The maximum Gasteiger partial charge on any atom is 0.314 e. The third-order valence-electron chi connectivity index (χ3n) is 6.48. The molecule has 170 valence electrons. The topological polar surface area (TPSA) is 67.8 Å². The van der Waals surface area contributed by atoms with Crippen molar-refractivity contribution in [3.05, 3.63) is 58.6 Å². The van der Waals surface area contributed by atoms with Crippen LogP contribution in [0.4, 0.5) is 5.69 Å². The number of benzene rings is 2. The van der Waals surface area contributed by atoms with Crippen molar-refractivity contribution in [3.8, 4) is 5.75 Å². The zero-order chi connectivity index (χ0) is 23.6. The summed E-state index contributed by atoms with van der Waals surface area (Å²) in [4.78, 5) is 12.2. The Kier molecular flexibility index (Phi) is 6.42. The number of nitrogens with one attached hydrogen (secondary N) is 1.